The first-order valence-electron chi connectivity index (χ1n) is 7.45. The summed E-state index contributed by atoms with van der Waals surface area (Å²) in [5.41, 5.74) is 2.39. The maximum absolute atomic E-state index is 5.74. The Morgan fingerprint density at radius 3 is 2.81 bits per heavy atom. The van der Waals surface area contributed by atoms with Gasteiger partial charge in [-0.2, -0.15) is 0 Å². The highest BCUT2D eigenvalue weighted by Gasteiger charge is 2.25. The molecule has 1 aromatic carbocycles. The third-order valence-electron chi connectivity index (χ3n) is 4.06. The number of nitrogens with one attached hydrogen (secondary N) is 1. The van der Waals surface area contributed by atoms with Gasteiger partial charge in [-0.1, -0.05) is 18.2 Å². The Morgan fingerprint density at radius 2 is 2.05 bits per heavy atom. The number of ether oxygens (including phenoxy) is 1. The van der Waals surface area contributed by atoms with E-state index in [1.807, 2.05) is 32.4 Å². The lowest BCUT2D eigenvalue weighted by Gasteiger charge is -2.28. The van der Waals surface area contributed by atoms with E-state index in [9.17, 15) is 0 Å². The van der Waals surface area contributed by atoms with Gasteiger partial charge in [-0.25, -0.2) is 9.97 Å². The summed E-state index contributed by atoms with van der Waals surface area (Å²) < 4.78 is 5.74. The second-order valence-corrected chi connectivity index (χ2v) is 5.57. The Kier molecular flexibility index (Phi) is 4.15. The van der Waals surface area contributed by atoms with E-state index in [-0.39, 0.29) is 6.04 Å². The molecule has 4 heteroatoms. The number of aryl methyl sites for hydroxylation is 1. The molecule has 2 aromatic rings. The van der Waals surface area contributed by atoms with Crippen LogP contribution in [0.25, 0.3) is 0 Å². The van der Waals surface area contributed by atoms with Crippen LogP contribution in [0.15, 0.2) is 36.7 Å². The van der Waals surface area contributed by atoms with Crippen LogP contribution < -0.4 is 10.1 Å². The maximum Gasteiger partial charge on any atom is 0.145 e. The number of fused-ring (bicyclic) bond motifs is 1. The van der Waals surface area contributed by atoms with E-state index >= 15 is 0 Å². The summed E-state index contributed by atoms with van der Waals surface area (Å²) in [5.74, 6) is 2.37. The molecule has 0 bridgehead atoms. The van der Waals surface area contributed by atoms with Crippen molar-refractivity contribution in [1.29, 1.82) is 0 Å². The van der Waals surface area contributed by atoms with Crippen LogP contribution in [-0.4, -0.2) is 23.6 Å². The Bertz CT molecular complexity index is 597. The fourth-order valence-electron chi connectivity index (χ4n) is 2.88. The summed E-state index contributed by atoms with van der Waals surface area (Å²) in [6.07, 6.45) is 5.79. The summed E-state index contributed by atoms with van der Waals surface area (Å²) in [6.45, 7) is 2.79. The summed E-state index contributed by atoms with van der Waals surface area (Å²) in [6, 6.07) is 8.50. The van der Waals surface area contributed by atoms with Gasteiger partial charge < -0.3 is 10.1 Å². The monoisotopic (exact) mass is 283 g/mol. The highest BCUT2D eigenvalue weighted by molar-refractivity contribution is 5.37. The molecule has 2 atom stereocenters. The fourth-order valence-corrected chi connectivity index (χ4v) is 2.88. The lowest BCUT2D eigenvalue weighted by molar-refractivity contribution is 0.255. The molecule has 110 valence electrons. The molecule has 0 radical (unpaired) electrons. The standard InChI is InChI=1S/C17H21N3O/c1-12-10-19-17(20-11-12)15(18-2)9-13-7-8-21-16-6-4-3-5-14(13)16/h3-6,10-11,13,15,18H,7-9H2,1-2H3. The van der Waals surface area contributed by atoms with Crippen LogP contribution in [0, 0.1) is 6.92 Å². The predicted molar refractivity (Wildman–Crippen MR) is 82.5 cm³/mol. The SMILES string of the molecule is CNC(CC1CCOc2ccccc21)c1ncc(C)cn1. The molecule has 0 aliphatic carbocycles. The van der Waals surface area contributed by atoms with E-state index in [4.69, 9.17) is 4.74 Å². The molecule has 0 spiro atoms. The highest BCUT2D eigenvalue weighted by atomic mass is 16.5. The minimum Gasteiger partial charge on any atom is -0.493 e. The molecular weight excluding hydrogens is 262 g/mol. The van der Waals surface area contributed by atoms with E-state index in [1.54, 1.807) is 0 Å². The largest absolute Gasteiger partial charge is 0.493 e. The van der Waals surface area contributed by atoms with Crippen molar-refractivity contribution in [3.05, 3.63) is 53.6 Å². The molecule has 0 fully saturated rings. The molecule has 0 saturated carbocycles. The van der Waals surface area contributed by atoms with Crippen molar-refractivity contribution in [2.45, 2.75) is 31.7 Å². The molecule has 0 amide bonds. The first kappa shape index (κ1) is 14.0. The van der Waals surface area contributed by atoms with E-state index in [1.165, 1.54) is 5.56 Å². The van der Waals surface area contributed by atoms with Gasteiger partial charge in [0.15, 0.2) is 0 Å². The Labute approximate surface area is 125 Å². The third-order valence-corrected chi connectivity index (χ3v) is 4.06. The van der Waals surface area contributed by atoms with Gasteiger partial charge in [0.1, 0.15) is 11.6 Å². The molecule has 0 saturated heterocycles. The lowest BCUT2D eigenvalue weighted by atomic mass is 9.87. The maximum atomic E-state index is 5.74. The van der Waals surface area contributed by atoms with Crippen molar-refractivity contribution in [2.75, 3.05) is 13.7 Å². The van der Waals surface area contributed by atoms with Crippen molar-refractivity contribution >= 4 is 0 Å². The van der Waals surface area contributed by atoms with Gasteiger partial charge in [-0.15, -0.1) is 0 Å². The molecular formula is C17H21N3O. The quantitative estimate of drug-likeness (QED) is 0.937. The summed E-state index contributed by atoms with van der Waals surface area (Å²) in [4.78, 5) is 8.93. The van der Waals surface area contributed by atoms with Gasteiger partial charge in [0.2, 0.25) is 0 Å². The molecule has 1 N–H and O–H groups in total. The van der Waals surface area contributed by atoms with Crippen LogP contribution in [0.5, 0.6) is 5.75 Å². The number of rotatable bonds is 4. The van der Waals surface area contributed by atoms with Gasteiger partial charge in [0.05, 0.1) is 12.6 Å². The number of benzene rings is 1. The molecule has 1 aromatic heterocycles. The minimum atomic E-state index is 0.168. The van der Waals surface area contributed by atoms with Gasteiger partial charge in [0.25, 0.3) is 0 Å². The second kappa shape index (κ2) is 6.22. The normalized spacial score (nSPS) is 18.7. The summed E-state index contributed by atoms with van der Waals surface area (Å²) in [7, 11) is 1.97. The second-order valence-electron chi connectivity index (χ2n) is 5.57. The zero-order valence-electron chi connectivity index (χ0n) is 12.5. The van der Waals surface area contributed by atoms with Crippen molar-refractivity contribution < 1.29 is 4.74 Å². The van der Waals surface area contributed by atoms with Gasteiger partial charge in [0, 0.05) is 12.4 Å². The molecule has 2 heterocycles. The predicted octanol–water partition coefficient (Wildman–Crippen LogP) is 3.00. The average molecular weight is 283 g/mol. The number of aromatic nitrogens is 2. The Hall–Kier alpha value is -1.94. The number of hydrogen-bond acceptors (Lipinski definition) is 4. The van der Waals surface area contributed by atoms with Gasteiger partial charge in [-0.05, 0) is 49.9 Å². The summed E-state index contributed by atoms with van der Waals surface area (Å²) in [5, 5.41) is 3.35. The van der Waals surface area contributed by atoms with Crippen LogP contribution >= 0.6 is 0 Å². The molecule has 3 rings (SSSR count). The number of nitrogens with zero attached hydrogens (tertiary/aromatic N) is 2. The zero-order chi connectivity index (χ0) is 14.7. The van der Waals surface area contributed by atoms with Crippen molar-refractivity contribution in [2.24, 2.45) is 0 Å². The smallest absolute Gasteiger partial charge is 0.145 e. The van der Waals surface area contributed by atoms with Crippen LogP contribution in [-0.2, 0) is 0 Å². The fraction of sp³-hybridized carbons (Fsp3) is 0.412. The van der Waals surface area contributed by atoms with Gasteiger partial charge in [-0.3, -0.25) is 0 Å². The topological polar surface area (TPSA) is 47.0 Å². The van der Waals surface area contributed by atoms with Crippen LogP contribution in [0.2, 0.25) is 0 Å². The van der Waals surface area contributed by atoms with E-state index in [0.29, 0.717) is 5.92 Å². The van der Waals surface area contributed by atoms with Crippen LogP contribution in [0.1, 0.15) is 41.8 Å². The van der Waals surface area contributed by atoms with E-state index in [0.717, 1.165) is 36.6 Å². The third kappa shape index (κ3) is 3.05. The highest BCUT2D eigenvalue weighted by Crippen LogP contribution is 2.38. The Morgan fingerprint density at radius 1 is 1.29 bits per heavy atom. The minimum absolute atomic E-state index is 0.168. The van der Waals surface area contributed by atoms with Crippen LogP contribution in [0.3, 0.4) is 0 Å². The van der Waals surface area contributed by atoms with E-state index in [2.05, 4.69) is 33.5 Å². The Balaban J connectivity index is 1.80. The number of hydrogen-bond donors (Lipinski definition) is 1. The first-order valence-corrected chi connectivity index (χ1v) is 7.45. The van der Waals surface area contributed by atoms with Crippen molar-refractivity contribution in [1.82, 2.24) is 15.3 Å². The molecule has 1 aliphatic rings. The zero-order valence-corrected chi connectivity index (χ0v) is 12.5. The lowest BCUT2D eigenvalue weighted by Crippen LogP contribution is -2.24. The van der Waals surface area contributed by atoms with E-state index < -0.39 is 0 Å². The molecule has 4 nitrogen and oxygen atoms in total. The number of para-hydroxylation sites is 1. The molecule has 2 unspecified atom stereocenters. The summed E-state index contributed by atoms with van der Waals surface area (Å²) >= 11 is 0. The molecule has 1 aliphatic heterocycles. The van der Waals surface area contributed by atoms with Crippen molar-refractivity contribution in [3.63, 3.8) is 0 Å². The average Bonchev–Trinajstić information content (AvgIpc) is 2.54. The molecule has 21 heavy (non-hydrogen) atoms. The van der Waals surface area contributed by atoms with Gasteiger partial charge >= 0.3 is 0 Å². The van der Waals surface area contributed by atoms with Crippen LogP contribution in [0.4, 0.5) is 0 Å². The first-order chi connectivity index (χ1) is 10.3. The van der Waals surface area contributed by atoms with Crippen molar-refractivity contribution in [3.8, 4) is 5.75 Å².